The quantitative estimate of drug-likeness (QED) is 0.195. The van der Waals surface area contributed by atoms with Crippen LogP contribution in [-0.4, -0.2) is 28.6 Å². The van der Waals surface area contributed by atoms with E-state index in [9.17, 15) is 4.79 Å². The molecule has 2 atom stereocenters. The fourth-order valence-corrected chi connectivity index (χ4v) is 4.34. The zero-order chi connectivity index (χ0) is 24.1. The third kappa shape index (κ3) is 5.95. The second-order valence-corrected chi connectivity index (χ2v) is 9.98. The number of rotatable bonds is 9. The zero-order valence-electron chi connectivity index (χ0n) is 19.6. The first-order valence-corrected chi connectivity index (χ1v) is 13.1. The van der Waals surface area contributed by atoms with E-state index in [1.54, 1.807) is 12.3 Å². The molecule has 1 heterocycles. The second-order valence-electron chi connectivity index (χ2n) is 7.90. The molecule has 0 amide bonds. The minimum Gasteiger partial charge on any atom is -0.490 e. The molecule has 0 radical (unpaired) electrons. The van der Waals surface area contributed by atoms with E-state index in [2.05, 4.69) is 64.4 Å². The van der Waals surface area contributed by atoms with Crippen LogP contribution in [0, 0.1) is 3.57 Å². The molecule has 6 nitrogen and oxygen atoms in total. The predicted molar refractivity (Wildman–Crippen MR) is 146 cm³/mol. The van der Waals surface area contributed by atoms with Gasteiger partial charge in [0.1, 0.15) is 5.82 Å². The molecule has 0 fully saturated rings. The molecule has 0 bridgehead atoms. The highest BCUT2D eigenvalue weighted by Crippen LogP contribution is 2.35. The summed E-state index contributed by atoms with van der Waals surface area (Å²) >= 11 is 5.69. The maximum atomic E-state index is 13.3. The van der Waals surface area contributed by atoms with E-state index in [1.165, 1.54) is 4.68 Å². The number of aromatic nitrogens is 2. The molecule has 8 heteroatoms. The Hall–Kier alpha value is -1.94. The summed E-state index contributed by atoms with van der Waals surface area (Å²) in [5.74, 6) is 2.12. The van der Waals surface area contributed by atoms with Crippen LogP contribution in [0.15, 0.2) is 44.7 Å². The molecule has 33 heavy (non-hydrogen) atoms. The second kappa shape index (κ2) is 11.5. The monoisotopic (exact) mass is 625 g/mol. The van der Waals surface area contributed by atoms with Crippen LogP contribution >= 0.6 is 38.5 Å². The van der Waals surface area contributed by atoms with E-state index < -0.39 is 0 Å². The molecule has 0 aliphatic rings. The summed E-state index contributed by atoms with van der Waals surface area (Å²) in [6.45, 7) is 10.7. The Balaban J connectivity index is 2.11. The topological polar surface area (TPSA) is 65.7 Å². The van der Waals surface area contributed by atoms with Crippen molar-refractivity contribution in [2.45, 2.75) is 59.5 Å². The predicted octanol–water partition coefficient (Wildman–Crippen LogP) is 6.74. The van der Waals surface area contributed by atoms with E-state index in [-0.39, 0.29) is 17.6 Å². The van der Waals surface area contributed by atoms with E-state index in [0.717, 1.165) is 32.2 Å². The summed E-state index contributed by atoms with van der Waals surface area (Å²) in [6, 6.07) is 9.40. The Morgan fingerprint density at radius 2 is 1.94 bits per heavy atom. The van der Waals surface area contributed by atoms with Crippen molar-refractivity contribution >= 4 is 55.6 Å². The van der Waals surface area contributed by atoms with Crippen molar-refractivity contribution in [2.24, 2.45) is 5.10 Å². The smallest absolute Gasteiger partial charge is 0.282 e. The van der Waals surface area contributed by atoms with E-state index in [1.807, 2.05) is 38.1 Å². The van der Waals surface area contributed by atoms with E-state index in [0.29, 0.717) is 29.1 Å². The van der Waals surface area contributed by atoms with Gasteiger partial charge >= 0.3 is 0 Å². The lowest BCUT2D eigenvalue weighted by Crippen LogP contribution is -2.23. The van der Waals surface area contributed by atoms with Crippen molar-refractivity contribution in [1.82, 2.24) is 9.66 Å². The number of fused-ring (bicyclic) bond motifs is 1. The Morgan fingerprint density at radius 1 is 1.18 bits per heavy atom. The highest BCUT2D eigenvalue weighted by Gasteiger charge is 2.17. The van der Waals surface area contributed by atoms with Crippen molar-refractivity contribution in [1.29, 1.82) is 0 Å². The van der Waals surface area contributed by atoms with Gasteiger partial charge in [-0.05, 0) is 85.2 Å². The van der Waals surface area contributed by atoms with E-state index in [4.69, 9.17) is 14.5 Å². The van der Waals surface area contributed by atoms with Crippen LogP contribution in [0.4, 0.5) is 0 Å². The molecule has 0 unspecified atom stereocenters. The molecule has 3 rings (SSSR count). The Labute approximate surface area is 216 Å². The summed E-state index contributed by atoms with van der Waals surface area (Å²) in [7, 11) is 0. The standard InChI is InChI=1S/C25H29BrIN3O3/c1-6-15(4)24-29-21-10-9-18(26)13-19(21)25(31)30(24)28-14-17-11-20(27)23(33-16(5)7-2)22(12-17)32-8-3/h9-16H,6-8H2,1-5H3/t15-,16+/m1/s1. The van der Waals surface area contributed by atoms with Crippen LogP contribution < -0.4 is 15.0 Å². The summed E-state index contributed by atoms with van der Waals surface area (Å²) in [4.78, 5) is 18.1. The fraction of sp³-hybridized carbons (Fsp3) is 0.400. The number of hydrogen-bond donors (Lipinski definition) is 0. The van der Waals surface area contributed by atoms with Gasteiger partial charge in [-0.2, -0.15) is 9.78 Å². The summed E-state index contributed by atoms with van der Waals surface area (Å²) in [6.07, 6.45) is 3.50. The molecule has 0 aliphatic carbocycles. The lowest BCUT2D eigenvalue weighted by atomic mass is 10.1. The van der Waals surface area contributed by atoms with Gasteiger partial charge in [-0.1, -0.05) is 36.7 Å². The molecule has 3 aromatic rings. The average molecular weight is 626 g/mol. The van der Waals surface area contributed by atoms with Gasteiger partial charge in [-0.15, -0.1) is 0 Å². The first-order chi connectivity index (χ1) is 15.8. The lowest BCUT2D eigenvalue weighted by molar-refractivity contribution is 0.201. The van der Waals surface area contributed by atoms with Gasteiger partial charge < -0.3 is 9.47 Å². The van der Waals surface area contributed by atoms with Gasteiger partial charge in [-0.25, -0.2) is 4.98 Å². The average Bonchev–Trinajstić information content (AvgIpc) is 2.80. The number of benzene rings is 2. The minimum absolute atomic E-state index is 0.0772. The third-order valence-electron chi connectivity index (χ3n) is 5.43. The molecule has 0 N–H and O–H groups in total. The van der Waals surface area contributed by atoms with Gasteiger partial charge in [0, 0.05) is 10.4 Å². The maximum absolute atomic E-state index is 13.3. The third-order valence-corrected chi connectivity index (χ3v) is 6.73. The molecule has 0 aliphatic heterocycles. The molecule has 0 saturated carbocycles. The summed E-state index contributed by atoms with van der Waals surface area (Å²) in [5.41, 5.74) is 1.30. The number of hydrogen-bond acceptors (Lipinski definition) is 5. The Kier molecular flexibility index (Phi) is 8.92. The number of nitrogens with zero attached hydrogens (tertiary/aromatic N) is 3. The van der Waals surface area contributed by atoms with Crippen LogP contribution in [0.3, 0.4) is 0 Å². The lowest BCUT2D eigenvalue weighted by Gasteiger charge is -2.18. The molecule has 2 aromatic carbocycles. The van der Waals surface area contributed by atoms with Crippen LogP contribution in [0.2, 0.25) is 0 Å². The van der Waals surface area contributed by atoms with Crippen LogP contribution in [0.1, 0.15) is 64.8 Å². The van der Waals surface area contributed by atoms with E-state index >= 15 is 0 Å². The maximum Gasteiger partial charge on any atom is 0.282 e. The molecule has 0 saturated heterocycles. The first kappa shape index (κ1) is 25.7. The summed E-state index contributed by atoms with van der Waals surface area (Å²) in [5, 5.41) is 5.10. The van der Waals surface area contributed by atoms with Crippen molar-refractivity contribution in [3.63, 3.8) is 0 Å². The van der Waals surface area contributed by atoms with Crippen molar-refractivity contribution in [3.05, 3.63) is 60.1 Å². The van der Waals surface area contributed by atoms with Gasteiger partial charge in [-0.3, -0.25) is 4.79 Å². The minimum atomic E-state index is -0.190. The van der Waals surface area contributed by atoms with Crippen molar-refractivity contribution < 1.29 is 9.47 Å². The highest BCUT2D eigenvalue weighted by atomic mass is 127. The molecule has 0 spiro atoms. The van der Waals surface area contributed by atoms with Crippen LogP contribution in [0.5, 0.6) is 11.5 Å². The van der Waals surface area contributed by atoms with Gasteiger partial charge in [0.25, 0.3) is 5.56 Å². The highest BCUT2D eigenvalue weighted by molar-refractivity contribution is 14.1. The fourth-order valence-electron chi connectivity index (χ4n) is 3.23. The van der Waals surface area contributed by atoms with Crippen LogP contribution in [-0.2, 0) is 0 Å². The Bertz CT molecular complexity index is 1230. The Morgan fingerprint density at radius 3 is 2.61 bits per heavy atom. The number of halogens is 2. The number of ether oxygens (including phenoxy) is 2. The van der Waals surface area contributed by atoms with Gasteiger partial charge in [0.05, 0.1) is 33.4 Å². The largest absolute Gasteiger partial charge is 0.490 e. The molecular formula is C25H29BrIN3O3. The van der Waals surface area contributed by atoms with Crippen molar-refractivity contribution in [2.75, 3.05) is 6.61 Å². The summed E-state index contributed by atoms with van der Waals surface area (Å²) < 4.78 is 15.1. The SMILES string of the molecule is CCOc1cc(C=Nn2c([C@H](C)CC)nc3ccc(Br)cc3c2=O)cc(I)c1O[C@@H](C)CC. The first-order valence-electron chi connectivity index (χ1n) is 11.2. The van der Waals surface area contributed by atoms with Gasteiger partial charge in [0.2, 0.25) is 0 Å². The normalized spacial score (nSPS) is 13.4. The van der Waals surface area contributed by atoms with Crippen LogP contribution in [0.25, 0.3) is 10.9 Å². The zero-order valence-corrected chi connectivity index (χ0v) is 23.3. The molecule has 1 aromatic heterocycles. The van der Waals surface area contributed by atoms with Crippen molar-refractivity contribution in [3.8, 4) is 11.5 Å². The molecule has 176 valence electrons. The molecular weight excluding hydrogens is 597 g/mol. The van der Waals surface area contributed by atoms with Gasteiger partial charge in [0.15, 0.2) is 11.5 Å².